The fraction of sp³-hybridized carbons (Fsp3) is 0.438. The van der Waals surface area contributed by atoms with E-state index in [2.05, 4.69) is 31.6 Å². The molecule has 1 aromatic carbocycles. The smallest absolute Gasteiger partial charge is 0.326 e. The molecule has 0 unspecified atom stereocenters. The third-order valence-corrected chi connectivity index (χ3v) is 4.30. The van der Waals surface area contributed by atoms with Crippen LogP contribution >= 0.6 is 15.9 Å². The molecule has 0 aliphatic carbocycles. The first-order valence-electron chi connectivity index (χ1n) is 7.97. The van der Waals surface area contributed by atoms with E-state index in [1.165, 1.54) is 12.8 Å². The zero-order valence-corrected chi connectivity index (χ0v) is 15.3. The van der Waals surface area contributed by atoms with Crippen molar-refractivity contribution in [1.82, 2.24) is 10.2 Å². The number of nitrogens with one attached hydrogen (secondary N) is 3. The van der Waals surface area contributed by atoms with E-state index in [0.29, 0.717) is 5.69 Å². The van der Waals surface area contributed by atoms with E-state index in [-0.39, 0.29) is 11.9 Å². The van der Waals surface area contributed by atoms with E-state index in [4.69, 9.17) is 11.1 Å². The minimum atomic E-state index is -0.481. The van der Waals surface area contributed by atoms with Crippen molar-refractivity contribution in [2.45, 2.75) is 32.6 Å². The Morgan fingerprint density at radius 3 is 2.58 bits per heavy atom. The SMILES string of the molecule is Cc1cc(Br)ccc1NC(=O)N/C(N)=N/C(=N)N1CCCCCC1. The third kappa shape index (κ3) is 5.52. The van der Waals surface area contributed by atoms with Crippen LogP contribution in [0.2, 0.25) is 0 Å². The Labute approximate surface area is 150 Å². The van der Waals surface area contributed by atoms with Gasteiger partial charge in [0.15, 0.2) is 0 Å². The molecule has 0 aromatic heterocycles. The lowest BCUT2D eigenvalue weighted by Gasteiger charge is -2.20. The monoisotopic (exact) mass is 394 g/mol. The molecule has 1 heterocycles. The van der Waals surface area contributed by atoms with Gasteiger partial charge in [-0.3, -0.25) is 10.7 Å². The normalized spacial score (nSPS) is 15.6. The molecule has 2 rings (SSSR count). The molecular weight excluding hydrogens is 372 g/mol. The van der Waals surface area contributed by atoms with Crippen molar-refractivity contribution >= 4 is 39.6 Å². The van der Waals surface area contributed by atoms with Crippen LogP contribution in [0.3, 0.4) is 0 Å². The predicted molar refractivity (Wildman–Crippen MR) is 100 cm³/mol. The molecular formula is C16H23BrN6O. The summed E-state index contributed by atoms with van der Waals surface area (Å²) in [5.74, 6) is 0.00559. The minimum absolute atomic E-state index is 0.0866. The standard InChI is InChI=1S/C16H23BrN6O/c1-11-10-12(17)6-7-13(11)20-16(24)22-14(18)21-15(19)23-8-4-2-3-5-9-23/h6-7,10H,2-5,8-9H2,1H3,(H5,18,19,20,21,22,24). The number of urea groups is 1. The lowest BCUT2D eigenvalue weighted by atomic mass is 10.2. The Morgan fingerprint density at radius 1 is 1.29 bits per heavy atom. The number of amides is 2. The first kappa shape index (κ1) is 18.3. The van der Waals surface area contributed by atoms with Crippen molar-refractivity contribution < 1.29 is 4.79 Å². The molecule has 24 heavy (non-hydrogen) atoms. The van der Waals surface area contributed by atoms with Crippen molar-refractivity contribution in [1.29, 1.82) is 5.41 Å². The van der Waals surface area contributed by atoms with Gasteiger partial charge in [0.05, 0.1) is 0 Å². The molecule has 1 aliphatic heterocycles. The maximum absolute atomic E-state index is 12.0. The largest absolute Gasteiger partial charge is 0.369 e. The summed E-state index contributed by atoms with van der Waals surface area (Å²) >= 11 is 3.38. The van der Waals surface area contributed by atoms with E-state index in [0.717, 1.165) is 36.0 Å². The maximum Gasteiger partial charge on any atom is 0.326 e. The van der Waals surface area contributed by atoms with Crippen LogP contribution in [0.15, 0.2) is 27.7 Å². The van der Waals surface area contributed by atoms with Crippen LogP contribution in [0, 0.1) is 12.3 Å². The number of nitrogens with zero attached hydrogens (tertiary/aromatic N) is 2. The van der Waals surface area contributed by atoms with Crippen LogP contribution < -0.4 is 16.4 Å². The fourth-order valence-electron chi connectivity index (χ4n) is 2.53. The molecule has 1 saturated heterocycles. The Balaban J connectivity index is 1.91. The predicted octanol–water partition coefficient (Wildman–Crippen LogP) is 3.00. The van der Waals surface area contributed by atoms with Gasteiger partial charge in [-0.2, -0.15) is 4.99 Å². The molecule has 7 nitrogen and oxygen atoms in total. The number of benzene rings is 1. The van der Waals surface area contributed by atoms with Gasteiger partial charge in [-0.05, 0) is 43.5 Å². The Kier molecular flexibility index (Phi) is 6.60. The second kappa shape index (κ2) is 8.68. The summed E-state index contributed by atoms with van der Waals surface area (Å²) in [5, 5.41) is 13.2. The average Bonchev–Trinajstić information content (AvgIpc) is 2.79. The molecule has 2 amide bonds. The highest BCUT2D eigenvalue weighted by molar-refractivity contribution is 9.10. The second-order valence-corrected chi connectivity index (χ2v) is 6.68. The van der Waals surface area contributed by atoms with Crippen LogP contribution in [0.5, 0.6) is 0 Å². The molecule has 0 bridgehead atoms. The van der Waals surface area contributed by atoms with Gasteiger partial charge in [-0.15, -0.1) is 0 Å². The molecule has 1 aromatic rings. The number of likely N-dealkylation sites (tertiary alicyclic amines) is 1. The topological polar surface area (TPSA) is 107 Å². The molecule has 1 fully saturated rings. The molecule has 130 valence electrons. The minimum Gasteiger partial charge on any atom is -0.369 e. The molecule has 8 heteroatoms. The van der Waals surface area contributed by atoms with Gasteiger partial charge in [-0.25, -0.2) is 4.79 Å². The third-order valence-electron chi connectivity index (χ3n) is 3.81. The lowest BCUT2D eigenvalue weighted by Crippen LogP contribution is -2.41. The lowest BCUT2D eigenvalue weighted by molar-refractivity contribution is 0.256. The molecule has 0 atom stereocenters. The van der Waals surface area contributed by atoms with Crippen molar-refractivity contribution in [3.8, 4) is 0 Å². The van der Waals surface area contributed by atoms with Gasteiger partial charge in [0.25, 0.3) is 0 Å². The number of nitrogens with two attached hydrogens (primary N) is 1. The van der Waals surface area contributed by atoms with Crippen LogP contribution in [0.1, 0.15) is 31.2 Å². The van der Waals surface area contributed by atoms with Crippen LogP contribution in [-0.4, -0.2) is 35.9 Å². The molecule has 0 radical (unpaired) electrons. The number of aryl methyl sites for hydroxylation is 1. The van der Waals surface area contributed by atoms with E-state index in [1.54, 1.807) is 6.07 Å². The number of rotatable bonds is 1. The van der Waals surface area contributed by atoms with Crippen molar-refractivity contribution in [2.24, 2.45) is 10.7 Å². The Hall–Kier alpha value is -2.09. The summed E-state index contributed by atoms with van der Waals surface area (Å²) in [5.41, 5.74) is 7.35. The number of hydrogen-bond acceptors (Lipinski definition) is 2. The van der Waals surface area contributed by atoms with Gasteiger partial charge >= 0.3 is 6.03 Å². The van der Waals surface area contributed by atoms with Crippen molar-refractivity contribution in [3.63, 3.8) is 0 Å². The molecule has 1 aliphatic rings. The molecule has 5 N–H and O–H groups in total. The maximum atomic E-state index is 12.0. The fourth-order valence-corrected chi connectivity index (χ4v) is 3.01. The Morgan fingerprint density at radius 2 is 1.96 bits per heavy atom. The van der Waals surface area contributed by atoms with Gasteiger partial charge in [0.1, 0.15) is 0 Å². The zero-order chi connectivity index (χ0) is 17.5. The van der Waals surface area contributed by atoms with Gasteiger partial charge in [0, 0.05) is 23.2 Å². The first-order valence-corrected chi connectivity index (χ1v) is 8.77. The van der Waals surface area contributed by atoms with E-state index >= 15 is 0 Å². The van der Waals surface area contributed by atoms with Crippen LogP contribution in [0.4, 0.5) is 10.5 Å². The number of guanidine groups is 2. The summed E-state index contributed by atoms with van der Waals surface area (Å²) in [6.45, 7) is 3.51. The van der Waals surface area contributed by atoms with E-state index < -0.39 is 6.03 Å². The number of carbonyl (C=O) groups is 1. The number of hydrogen-bond donors (Lipinski definition) is 4. The van der Waals surface area contributed by atoms with Crippen LogP contribution in [-0.2, 0) is 0 Å². The van der Waals surface area contributed by atoms with E-state index in [9.17, 15) is 4.79 Å². The second-order valence-electron chi connectivity index (χ2n) is 5.76. The van der Waals surface area contributed by atoms with Crippen LogP contribution in [0.25, 0.3) is 0 Å². The van der Waals surface area contributed by atoms with E-state index in [1.807, 2.05) is 24.0 Å². The highest BCUT2D eigenvalue weighted by Crippen LogP contribution is 2.19. The van der Waals surface area contributed by atoms with Gasteiger partial charge in [0.2, 0.25) is 11.9 Å². The summed E-state index contributed by atoms with van der Waals surface area (Å²) in [7, 11) is 0. The number of carbonyl (C=O) groups excluding carboxylic acids is 1. The van der Waals surface area contributed by atoms with Gasteiger partial charge < -0.3 is 16.0 Å². The number of halogens is 1. The van der Waals surface area contributed by atoms with Crippen molar-refractivity contribution in [3.05, 3.63) is 28.2 Å². The highest BCUT2D eigenvalue weighted by atomic mass is 79.9. The summed E-state index contributed by atoms with van der Waals surface area (Å²) in [6, 6.07) is 5.06. The quantitative estimate of drug-likeness (QED) is 0.434. The van der Waals surface area contributed by atoms with Gasteiger partial charge in [-0.1, -0.05) is 28.8 Å². The Bertz CT molecular complexity index is 637. The number of anilines is 1. The molecule has 0 spiro atoms. The van der Waals surface area contributed by atoms with Crippen molar-refractivity contribution in [2.75, 3.05) is 18.4 Å². The highest BCUT2D eigenvalue weighted by Gasteiger charge is 2.13. The summed E-state index contributed by atoms with van der Waals surface area (Å²) < 4.78 is 0.943. The zero-order valence-electron chi connectivity index (χ0n) is 13.7. The number of aliphatic imine (C=N–C) groups is 1. The summed E-state index contributed by atoms with van der Waals surface area (Å²) in [4.78, 5) is 17.9. The first-order chi connectivity index (χ1) is 11.5. The summed E-state index contributed by atoms with van der Waals surface area (Å²) in [6.07, 6.45) is 4.45. The molecule has 0 saturated carbocycles. The average molecular weight is 395 g/mol.